The van der Waals surface area contributed by atoms with E-state index in [9.17, 15) is 9.59 Å². The Morgan fingerprint density at radius 3 is 1.21 bits per heavy atom. The molecule has 0 radical (unpaired) electrons. The standard InChI is InChI=1S/C42H84NO4P/c1-35(2)25-27-39(37(5)6)33-46-41(44)23-17-13-11-15-20-30-48(32-22-19-29-43(9)10)31-21-16-12-14-18-24-42(45)47-34-40(38(7)8)28-26-36(3)4/h35-40H,11-34H2,1-10H3. The number of hydrogen-bond acceptors (Lipinski definition) is 5. The fourth-order valence-electron chi connectivity index (χ4n) is 6.23. The summed E-state index contributed by atoms with van der Waals surface area (Å²) in [5.74, 6) is 3.49. The normalized spacial score (nSPS) is 14.0. The number of hydrogen-bond donors (Lipinski definition) is 0. The van der Waals surface area contributed by atoms with Crippen molar-refractivity contribution in [1.29, 1.82) is 0 Å². The monoisotopic (exact) mass is 698 g/mol. The first kappa shape index (κ1) is 47.3. The lowest BCUT2D eigenvalue weighted by Crippen LogP contribution is -2.19. The maximum absolute atomic E-state index is 12.3. The molecule has 0 aliphatic heterocycles. The van der Waals surface area contributed by atoms with E-state index in [0.29, 0.717) is 61.6 Å². The first-order chi connectivity index (χ1) is 22.8. The highest BCUT2D eigenvalue weighted by Crippen LogP contribution is 2.39. The van der Waals surface area contributed by atoms with Gasteiger partial charge in [-0.3, -0.25) is 9.59 Å². The highest BCUT2D eigenvalue weighted by Gasteiger charge is 2.18. The van der Waals surface area contributed by atoms with Crippen LogP contribution in [0.2, 0.25) is 0 Å². The summed E-state index contributed by atoms with van der Waals surface area (Å²) >= 11 is 0. The fraction of sp³-hybridized carbons (Fsp3) is 0.952. The van der Waals surface area contributed by atoms with Crippen LogP contribution in [0, 0.1) is 35.5 Å². The van der Waals surface area contributed by atoms with Crippen LogP contribution in [0.3, 0.4) is 0 Å². The highest BCUT2D eigenvalue weighted by atomic mass is 31.1. The molecule has 48 heavy (non-hydrogen) atoms. The second-order valence-corrected chi connectivity index (χ2v) is 19.4. The Morgan fingerprint density at radius 1 is 0.500 bits per heavy atom. The molecule has 286 valence electrons. The van der Waals surface area contributed by atoms with Gasteiger partial charge in [-0.1, -0.05) is 107 Å². The molecule has 0 aromatic heterocycles. The SMILES string of the molecule is CC(C)CCC(COC(=O)CCCCCCCP(CCCCCCCC(=O)OCC(CCC(C)C)C(C)C)CCCCN(C)C)C(C)C. The van der Waals surface area contributed by atoms with Gasteiger partial charge in [0.25, 0.3) is 0 Å². The van der Waals surface area contributed by atoms with Gasteiger partial charge in [0.1, 0.15) is 0 Å². The third-order valence-electron chi connectivity index (χ3n) is 10.1. The smallest absolute Gasteiger partial charge is 0.305 e. The molecule has 0 aromatic carbocycles. The molecule has 0 spiro atoms. The molecule has 0 rings (SSSR count). The lowest BCUT2D eigenvalue weighted by molar-refractivity contribution is -0.146. The van der Waals surface area contributed by atoms with Crippen molar-refractivity contribution in [2.75, 3.05) is 52.3 Å². The summed E-state index contributed by atoms with van der Waals surface area (Å²) in [5.41, 5.74) is 0. The second-order valence-electron chi connectivity index (χ2n) is 16.7. The van der Waals surface area contributed by atoms with Crippen molar-refractivity contribution < 1.29 is 19.1 Å². The number of rotatable bonds is 33. The van der Waals surface area contributed by atoms with Crippen LogP contribution in [0.15, 0.2) is 0 Å². The van der Waals surface area contributed by atoms with Gasteiger partial charge in [0.2, 0.25) is 0 Å². The molecule has 0 aliphatic carbocycles. The van der Waals surface area contributed by atoms with E-state index in [-0.39, 0.29) is 19.9 Å². The van der Waals surface area contributed by atoms with Gasteiger partial charge in [0.15, 0.2) is 0 Å². The molecule has 0 aliphatic rings. The van der Waals surface area contributed by atoms with E-state index in [4.69, 9.17) is 9.47 Å². The third-order valence-corrected chi connectivity index (χ3v) is 12.9. The lowest BCUT2D eigenvalue weighted by Gasteiger charge is -2.21. The first-order valence-electron chi connectivity index (χ1n) is 20.5. The topological polar surface area (TPSA) is 55.8 Å². The maximum atomic E-state index is 12.3. The third kappa shape index (κ3) is 30.2. The van der Waals surface area contributed by atoms with Crippen LogP contribution in [0.1, 0.15) is 171 Å². The quantitative estimate of drug-likeness (QED) is 0.0388. The molecule has 0 heterocycles. The lowest BCUT2D eigenvalue weighted by atomic mass is 9.89. The van der Waals surface area contributed by atoms with Crippen LogP contribution in [0.25, 0.3) is 0 Å². The summed E-state index contributed by atoms with van der Waals surface area (Å²) in [6.45, 7) is 20.4. The molecule has 0 bridgehead atoms. The van der Waals surface area contributed by atoms with E-state index in [1.807, 2.05) is 0 Å². The number of esters is 2. The molecular weight excluding hydrogens is 613 g/mol. The summed E-state index contributed by atoms with van der Waals surface area (Å²) in [5, 5.41) is 0. The van der Waals surface area contributed by atoms with Crippen LogP contribution in [-0.2, 0) is 19.1 Å². The molecule has 2 unspecified atom stereocenters. The minimum Gasteiger partial charge on any atom is -0.465 e. The van der Waals surface area contributed by atoms with Gasteiger partial charge in [-0.2, -0.15) is 0 Å². The zero-order valence-corrected chi connectivity index (χ0v) is 34.9. The molecule has 2 atom stereocenters. The van der Waals surface area contributed by atoms with E-state index >= 15 is 0 Å². The summed E-state index contributed by atoms with van der Waals surface area (Å²) in [7, 11) is 4.47. The van der Waals surface area contributed by atoms with Crippen LogP contribution < -0.4 is 0 Å². The molecule has 0 aromatic rings. The Kier molecular flexibility index (Phi) is 30.7. The van der Waals surface area contributed by atoms with Crippen LogP contribution in [-0.4, -0.2) is 69.2 Å². The Hall–Kier alpha value is -0.670. The summed E-state index contributed by atoms with van der Waals surface area (Å²) in [4.78, 5) is 27.0. The van der Waals surface area contributed by atoms with Gasteiger partial charge in [0, 0.05) is 12.8 Å². The van der Waals surface area contributed by atoms with Crippen LogP contribution in [0.5, 0.6) is 0 Å². The predicted octanol–water partition coefficient (Wildman–Crippen LogP) is 12.0. The van der Waals surface area contributed by atoms with Crippen molar-refractivity contribution in [3.8, 4) is 0 Å². The van der Waals surface area contributed by atoms with Crippen molar-refractivity contribution >= 4 is 19.9 Å². The molecule has 5 nitrogen and oxygen atoms in total. The van der Waals surface area contributed by atoms with Crippen molar-refractivity contribution in [2.24, 2.45) is 35.5 Å². The minimum absolute atomic E-state index is 0.00123. The second kappa shape index (κ2) is 31.1. The summed E-state index contributed by atoms with van der Waals surface area (Å²) in [6.07, 6.45) is 24.7. The van der Waals surface area contributed by atoms with Crippen LogP contribution in [0.4, 0.5) is 0 Å². The number of unbranched alkanes of at least 4 members (excludes halogenated alkanes) is 9. The van der Waals surface area contributed by atoms with Crippen molar-refractivity contribution in [3.05, 3.63) is 0 Å². The first-order valence-corrected chi connectivity index (χ1v) is 22.4. The average molecular weight is 698 g/mol. The van der Waals surface area contributed by atoms with Crippen molar-refractivity contribution in [1.82, 2.24) is 4.90 Å². The molecule has 6 heteroatoms. The fourth-order valence-corrected chi connectivity index (χ4v) is 8.91. The maximum Gasteiger partial charge on any atom is 0.305 e. The summed E-state index contributed by atoms with van der Waals surface area (Å²) < 4.78 is 11.4. The average Bonchev–Trinajstić information content (AvgIpc) is 3.00. The molecule has 0 N–H and O–H groups in total. The molecule has 0 fully saturated rings. The minimum atomic E-state index is -0.00123. The number of carbonyl (C=O) groups is 2. The Bertz CT molecular complexity index is 700. The van der Waals surface area contributed by atoms with Gasteiger partial charge in [-0.25, -0.2) is 0 Å². The highest BCUT2D eigenvalue weighted by molar-refractivity contribution is 7.57. The molecular formula is C42H84NO4P. The zero-order chi connectivity index (χ0) is 36.2. The number of nitrogens with zero attached hydrogens (tertiary/aromatic N) is 1. The van der Waals surface area contributed by atoms with E-state index in [1.165, 1.54) is 89.2 Å². The van der Waals surface area contributed by atoms with Gasteiger partial charge >= 0.3 is 11.9 Å². The van der Waals surface area contributed by atoms with E-state index < -0.39 is 0 Å². The van der Waals surface area contributed by atoms with Gasteiger partial charge < -0.3 is 14.4 Å². The van der Waals surface area contributed by atoms with Crippen LogP contribution >= 0.6 is 7.92 Å². The Labute approximate surface area is 302 Å². The molecule has 0 amide bonds. The summed E-state index contributed by atoms with van der Waals surface area (Å²) in [6, 6.07) is 0. The largest absolute Gasteiger partial charge is 0.465 e. The van der Waals surface area contributed by atoms with Gasteiger partial charge in [0.05, 0.1) is 13.2 Å². The number of carbonyl (C=O) groups excluding carboxylic acids is 2. The van der Waals surface area contributed by atoms with Gasteiger partial charge in [-0.05, 0) is 126 Å². The Balaban J connectivity index is 4.19. The predicted molar refractivity (Wildman–Crippen MR) is 211 cm³/mol. The van der Waals surface area contributed by atoms with E-state index in [1.54, 1.807) is 0 Å². The van der Waals surface area contributed by atoms with Crippen molar-refractivity contribution in [3.63, 3.8) is 0 Å². The Morgan fingerprint density at radius 2 is 0.854 bits per heavy atom. The van der Waals surface area contributed by atoms with E-state index in [0.717, 1.165) is 38.5 Å². The molecule has 0 saturated heterocycles. The molecule has 0 saturated carbocycles. The van der Waals surface area contributed by atoms with E-state index in [2.05, 4.69) is 74.4 Å². The number of ether oxygens (including phenoxy) is 2. The zero-order valence-electron chi connectivity index (χ0n) is 34.0. The van der Waals surface area contributed by atoms with Crippen molar-refractivity contribution in [2.45, 2.75) is 171 Å². The van der Waals surface area contributed by atoms with Gasteiger partial charge in [-0.15, -0.1) is 7.92 Å².